The number of imidazole rings is 1. The number of carbonyl (C=O) groups excluding carboxylic acids is 1. The van der Waals surface area contributed by atoms with Gasteiger partial charge in [0.25, 0.3) is 0 Å². The average Bonchev–Trinajstić information content (AvgIpc) is 2.95. The Bertz CT molecular complexity index is 877. The number of hydrogen-bond donors (Lipinski definition) is 2. The van der Waals surface area contributed by atoms with Crippen molar-refractivity contribution in [2.75, 3.05) is 18.0 Å². The molecule has 0 radical (unpaired) electrons. The highest BCUT2D eigenvalue weighted by Gasteiger charge is 2.29. The summed E-state index contributed by atoms with van der Waals surface area (Å²) in [4.78, 5) is 18.8. The maximum absolute atomic E-state index is 13.8. The topological polar surface area (TPSA) is 100.0 Å². The lowest BCUT2D eigenvalue weighted by molar-refractivity contribution is -0.122. The van der Waals surface area contributed by atoms with E-state index in [1.807, 2.05) is 11.0 Å². The summed E-state index contributed by atoms with van der Waals surface area (Å²) in [6.45, 7) is 2.32. The molecule has 3 rings (SSSR count). The van der Waals surface area contributed by atoms with E-state index in [9.17, 15) is 13.6 Å². The molecular formula is C18H22F2N6O. The molecule has 1 fully saturated rings. The van der Waals surface area contributed by atoms with Gasteiger partial charge in [0.2, 0.25) is 11.9 Å². The zero-order valence-corrected chi connectivity index (χ0v) is 15.0. The molecule has 144 valence electrons. The molecule has 9 heteroatoms. The van der Waals surface area contributed by atoms with Crippen LogP contribution in [0, 0.1) is 17.1 Å². The molecule has 1 aliphatic heterocycles. The van der Waals surface area contributed by atoms with Gasteiger partial charge in [0, 0.05) is 19.1 Å². The van der Waals surface area contributed by atoms with E-state index in [1.165, 1.54) is 12.1 Å². The maximum Gasteiger partial charge on any atom is 0.240 e. The van der Waals surface area contributed by atoms with E-state index >= 15 is 0 Å². The molecule has 0 spiro atoms. The third-order valence-electron chi connectivity index (χ3n) is 4.65. The zero-order chi connectivity index (χ0) is 19.6. The van der Waals surface area contributed by atoms with Crippen LogP contribution in [0.3, 0.4) is 0 Å². The molecule has 2 aromatic rings. The van der Waals surface area contributed by atoms with Crippen molar-refractivity contribution < 1.29 is 13.6 Å². The van der Waals surface area contributed by atoms with Crippen LogP contribution < -0.4 is 16.0 Å². The largest absolute Gasteiger partial charge is 0.351 e. The Morgan fingerprint density at radius 3 is 3.04 bits per heavy atom. The van der Waals surface area contributed by atoms with Gasteiger partial charge >= 0.3 is 0 Å². The number of benzene rings is 1. The minimum atomic E-state index is -1.08. The first-order valence-electron chi connectivity index (χ1n) is 8.85. The van der Waals surface area contributed by atoms with Gasteiger partial charge in [0.1, 0.15) is 18.5 Å². The minimum absolute atomic E-state index is 0.0875. The van der Waals surface area contributed by atoms with Crippen LogP contribution in [-0.4, -0.2) is 46.8 Å². The number of carbonyl (C=O) groups is 1. The van der Waals surface area contributed by atoms with Gasteiger partial charge in [0.05, 0.1) is 29.6 Å². The number of hydrogen-bond acceptors (Lipinski definition) is 5. The van der Waals surface area contributed by atoms with E-state index in [0.29, 0.717) is 23.5 Å². The Hall–Kier alpha value is -2.73. The number of aromatic nitrogens is 2. The van der Waals surface area contributed by atoms with E-state index in [4.69, 9.17) is 11.0 Å². The van der Waals surface area contributed by atoms with Crippen LogP contribution in [0.2, 0.25) is 0 Å². The monoisotopic (exact) mass is 376 g/mol. The fourth-order valence-corrected chi connectivity index (χ4v) is 3.27. The molecule has 7 nitrogen and oxygen atoms in total. The normalized spacial score (nSPS) is 21.1. The van der Waals surface area contributed by atoms with Crippen LogP contribution in [0.5, 0.6) is 0 Å². The average molecular weight is 376 g/mol. The molecule has 27 heavy (non-hydrogen) atoms. The van der Waals surface area contributed by atoms with E-state index in [-0.39, 0.29) is 37.9 Å². The van der Waals surface area contributed by atoms with Crippen LogP contribution >= 0.6 is 0 Å². The third kappa shape index (κ3) is 4.17. The first kappa shape index (κ1) is 19.0. The highest BCUT2D eigenvalue weighted by Crippen LogP contribution is 2.26. The summed E-state index contributed by atoms with van der Waals surface area (Å²) in [6, 6.07) is 5.22. The number of nitrogens with zero attached hydrogens (tertiary/aromatic N) is 4. The van der Waals surface area contributed by atoms with Crippen LogP contribution in [-0.2, 0) is 11.3 Å². The van der Waals surface area contributed by atoms with Crippen LogP contribution in [0.1, 0.15) is 19.8 Å². The van der Waals surface area contributed by atoms with Crippen LogP contribution in [0.25, 0.3) is 11.0 Å². The van der Waals surface area contributed by atoms with Crippen molar-refractivity contribution >= 4 is 22.9 Å². The predicted molar refractivity (Wildman–Crippen MR) is 97.2 cm³/mol. The number of nitrogens with two attached hydrogens (primary N) is 1. The Labute approximate surface area is 155 Å². The van der Waals surface area contributed by atoms with E-state index < -0.39 is 18.0 Å². The number of nitriles is 1. The molecule has 3 N–H and O–H groups in total. The second-order valence-electron chi connectivity index (χ2n) is 6.88. The van der Waals surface area contributed by atoms with Crippen molar-refractivity contribution in [3.8, 4) is 6.07 Å². The molecule has 1 aromatic heterocycles. The number of amides is 1. The lowest BCUT2D eigenvalue weighted by Crippen LogP contribution is -2.50. The number of anilines is 1. The summed E-state index contributed by atoms with van der Waals surface area (Å²) < 4.78 is 29.1. The maximum atomic E-state index is 13.8. The smallest absolute Gasteiger partial charge is 0.240 e. The summed E-state index contributed by atoms with van der Waals surface area (Å²) in [5.41, 5.74) is 6.87. The van der Waals surface area contributed by atoms with Crippen LogP contribution in [0.4, 0.5) is 14.7 Å². The van der Waals surface area contributed by atoms with Gasteiger partial charge in [-0.25, -0.2) is 13.8 Å². The molecule has 1 amide bonds. The number of rotatable bonds is 5. The Kier molecular flexibility index (Phi) is 5.56. The van der Waals surface area contributed by atoms with Gasteiger partial charge in [-0.2, -0.15) is 5.26 Å². The van der Waals surface area contributed by atoms with Gasteiger partial charge in [0.15, 0.2) is 0 Å². The molecule has 1 saturated heterocycles. The molecule has 0 aliphatic carbocycles. The van der Waals surface area contributed by atoms with Gasteiger partial charge in [-0.05, 0) is 31.5 Å². The fourth-order valence-electron chi connectivity index (χ4n) is 3.27. The highest BCUT2D eigenvalue weighted by molar-refractivity contribution is 5.83. The number of alkyl halides is 1. The van der Waals surface area contributed by atoms with Crippen molar-refractivity contribution in [1.29, 1.82) is 5.26 Å². The molecule has 3 atom stereocenters. The predicted octanol–water partition coefficient (Wildman–Crippen LogP) is 1.47. The lowest BCUT2D eigenvalue weighted by Gasteiger charge is -2.34. The summed E-state index contributed by atoms with van der Waals surface area (Å²) in [5.74, 6) is -0.291. The minimum Gasteiger partial charge on any atom is -0.351 e. The number of halogens is 2. The molecule has 1 unspecified atom stereocenters. The second-order valence-corrected chi connectivity index (χ2v) is 6.88. The number of piperidine rings is 1. The highest BCUT2D eigenvalue weighted by atomic mass is 19.1. The van der Waals surface area contributed by atoms with Gasteiger partial charge in [-0.3, -0.25) is 4.79 Å². The van der Waals surface area contributed by atoms with E-state index in [1.54, 1.807) is 17.6 Å². The third-order valence-corrected chi connectivity index (χ3v) is 4.65. The molecule has 0 saturated carbocycles. The summed E-state index contributed by atoms with van der Waals surface area (Å²) in [7, 11) is 0. The second kappa shape index (κ2) is 7.88. The van der Waals surface area contributed by atoms with Gasteiger partial charge in [-0.15, -0.1) is 0 Å². The van der Waals surface area contributed by atoms with Gasteiger partial charge in [-0.1, -0.05) is 0 Å². The van der Waals surface area contributed by atoms with Crippen molar-refractivity contribution in [3.63, 3.8) is 0 Å². The van der Waals surface area contributed by atoms with Crippen molar-refractivity contribution in [2.45, 2.75) is 44.6 Å². The quantitative estimate of drug-likeness (QED) is 0.823. The summed E-state index contributed by atoms with van der Waals surface area (Å²) in [6.07, 6.45) is -0.618. The zero-order valence-electron chi connectivity index (χ0n) is 15.0. The Balaban J connectivity index is 1.92. The Morgan fingerprint density at radius 1 is 1.56 bits per heavy atom. The van der Waals surface area contributed by atoms with Crippen molar-refractivity contribution in [3.05, 3.63) is 24.0 Å². The summed E-state index contributed by atoms with van der Waals surface area (Å²) in [5, 5.41) is 11.5. The number of fused-ring (bicyclic) bond motifs is 1. The van der Waals surface area contributed by atoms with Crippen molar-refractivity contribution in [2.24, 2.45) is 5.73 Å². The van der Waals surface area contributed by atoms with Crippen molar-refractivity contribution in [1.82, 2.24) is 14.9 Å². The first-order chi connectivity index (χ1) is 12.9. The van der Waals surface area contributed by atoms with Crippen LogP contribution in [0.15, 0.2) is 18.2 Å². The lowest BCUT2D eigenvalue weighted by atomic mass is 10.1. The van der Waals surface area contributed by atoms with Gasteiger partial charge < -0.3 is 20.5 Å². The molecule has 1 aliphatic rings. The Morgan fingerprint density at radius 2 is 2.33 bits per heavy atom. The SMILES string of the molecule is CC(CC#N)NC(=O)Cn1c(N2CC[C@@H](F)[C@H](N)C2)nc2ccc(F)cc21. The molecule has 2 heterocycles. The van der Waals surface area contributed by atoms with E-state index in [2.05, 4.69) is 10.3 Å². The standard InChI is InChI=1S/C18H22F2N6O/c1-11(4-6-21)23-17(27)10-26-16-8-12(19)2-3-15(16)24-18(26)25-7-5-13(20)14(22)9-25/h2-3,8,11,13-14H,4-5,7,9-10,22H2,1H3,(H,23,27)/t11?,13-,14-/m1/s1. The van der Waals surface area contributed by atoms with E-state index in [0.717, 1.165) is 0 Å². The molecule has 0 bridgehead atoms. The fraction of sp³-hybridized carbons (Fsp3) is 0.500. The summed E-state index contributed by atoms with van der Waals surface area (Å²) >= 11 is 0. The molecule has 1 aromatic carbocycles. The first-order valence-corrected chi connectivity index (χ1v) is 8.85. The molecular weight excluding hydrogens is 354 g/mol. The number of nitrogens with one attached hydrogen (secondary N) is 1.